The summed E-state index contributed by atoms with van der Waals surface area (Å²) in [6.07, 6.45) is 0. The summed E-state index contributed by atoms with van der Waals surface area (Å²) in [6, 6.07) is 101. The molecule has 0 aliphatic rings. The molecule has 0 spiro atoms. The highest BCUT2D eigenvalue weighted by Gasteiger charge is 2.41. The average molecular weight is 908 g/mol. The minimum Gasteiger partial charge on any atom is -0.307 e. The zero-order valence-corrected chi connectivity index (χ0v) is 39.3. The van der Waals surface area contributed by atoms with Gasteiger partial charge in [0.15, 0.2) is 8.07 Å². The van der Waals surface area contributed by atoms with Crippen LogP contribution in [0.5, 0.6) is 0 Å². The van der Waals surface area contributed by atoms with Crippen LogP contribution in [0.3, 0.4) is 0 Å². The van der Waals surface area contributed by atoms with Crippen LogP contribution in [0.1, 0.15) is 0 Å². The number of aromatic nitrogens is 3. The second-order valence-corrected chi connectivity index (χ2v) is 22.2. The zero-order chi connectivity index (χ0) is 46.2. The summed E-state index contributed by atoms with van der Waals surface area (Å²) in [5, 5.41) is 12.7. The Morgan fingerprint density at radius 3 is 1.10 bits per heavy atom. The van der Waals surface area contributed by atoms with Crippen LogP contribution in [0.4, 0.5) is 0 Å². The molecule has 0 bridgehead atoms. The van der Waals surface area contributed by atoms with Crippen molar-refractivity contribution in [3.63, 3.8) is 0 Å². The summed E-state index contributed by atoms with van der Waals surface area (Å²) in [6.45, 7) is 0. The lowest BCUT2D eigenvalue weighted by Crippen LogP contribution is -2.74. The zero-order valence-electron chi connectivity index (χ0n) is 38.3. The molecule has 0 amide bonds. The van der Waals surface area contributed by atoms with E-state index in [0.717, 1.165) is 28.1 Å². The first-order chi connectivity index (χ1) is 34.8. The van der Waals surface area contributed by atoms with Crippen LogP contribution in [-0.4, -0.2) is 21.8 Å². The van der Waals surface area contributed by atoms with Crippen LogP contribution < -0.4 is 20.7 Å². The molecule has 0 aliphatic carbocycles. The van der Waals surface area contributed by atoms with Crippen molar-refractivity contribution >= 4 is 94.2 Å². The summed E-state index contributed by atoms with van der Waals surface area (Å²) in [7, 11) is -2.88. The molecule has 14 aromatic rings. The monoisotopic (exact) mass is 907 g/mol. The Morgan fingerprint density at radius 2 is 0.600 bits per heavy atom. The molecule has 0 radical (unpaired) electrons. The van der Waals surface area contributed by atoms with Gasteiger partial charge in [0.25, 0.3) is 0 Å². The Hall–Kier alpha value is -8.96. The van der Waals surface area contributed by atoms with E-state index in [1.165, 1.54) is 86.3 Å². The number of benzene rings is 11. The van der Waals surface area contributed by atoms with Gasteiger partial charge in [-0.25, -0.2) is 0 Å². The van der Waals surface area contributed by atoms with Gasteiger partial charge in [-0.3, -0.25) is 0 Å². The van der Waals surface area contributed by atoms with Crippen LogP contribution in [0.25, 0.3) is 93.6 Å². The van der Waals surface area contributed by atoms with Crippen molar-refractivity contribution in [3.8, 4) is 28.2 Å². The van der Waals surface area contributed by atoms with Crippen LogP contribution in [-0.2, 0) is 0 Å². The molecule has 11 aromatic carbocycles. The quantitative estimate of drug-likeness (QED) is 0.107. The number of fused-ring (bicyclic) bond motifs is 9. The Bertz CT molecular complexity index is 4130. The van der Waals surface area contributed by atoms with Crippen LogP contribution in [0, 0.1) is 0 Å². The SMILES string of the molecule is c1ccc(-c2ccccc2-n2c3c(-n4c5ccccc5c5ccccc54)cccc3c3cccc(-n4c5ccccc5c5ccc([Si](c6ccccc6)(c6ccccc6)c6ccccc6)cc54)c32)cc1. The summed E-state index contributed by atoms with van der Waals surface area (Å²) >= 11 is 0. The van der Waals surface area contributed by atoms with Gasteiger partial charge >= 0.3 is 0 Å². The van der Waals surface area contributed by atoms with E-state index >= 15 is 0 Å². The number of hydrogen-bond acceptors (Lipinski definition) is 0. The van der Waals surface area contributed by atoms with Gasteiger partial charge in [-0.05, 0) is 68.8 Å². The lowest BCUT2D eigenvalue weighted by molar-refractivity contribution is 1.11. The topological polar surface area (TPSA) is 14.8 Å². The normalized spacial score (nSPS) is 12.0. The lowest BCUT2D eigenvalue weighted by Gasteiger charge is -2.34. The van der Waals surface area contributed by atoms with Crippen molar-refractivity contribution in [1.82, 2.24) is 13.7 Å². The first-order valence-electron chi connectivity index (χ1n) is 24.2. The molecule has 0 saturated carbocycles. The predicted molar refractivity (Wildman–Crippen MR) is 299 cm³/mol. The van der Waals surface area contributed by atoms with E-state index in [0.29, 0.717) is 0 Å². The van der Waals surface area contributed by atoms with Gasteiger partial charge in [-0.15, -0.1) is 0 Å². The van der Waals surface area contributed by atoms with Gasteiger partial charge < -0.3 is 13.7 Å². The third-order valence-corrected chi connectivity index (χ3v) is 19.6. The number of nitrogens with zero attached hydrogens (tertiary/aromatic N) is 3. The Balaban J connectivity index is 1.15. The summed E-state index contributed by atoms with van der Waals surface area (Å²) in [4.78, 5) is 0. The first-order valence-corrected chi connectivity index (χ1v) is 26.2. The minimum atomic E-state index is -2.88. The second kappa shape index (κ2) is 16.1. The summed E-state index contributed by atoms with van der Waals surface area (Å²) in [5.74, 6) is 0. The molecular formula is C66H45N3Si. The van der Waals surface area contributed by atoms with Crippen LogP contribution in [0.2, 0.25) is 0 Å². The fraction of sp³-hybridized carbons (Fsp3) is 0. The average Bonchev–Trinajstić information content (AvgIpc) is 4.08. The largest absolute Gasteiger partial charge is 0.307 e. The molecule has 328 valence electrons. The van der Waals surface area contributed by atoms with Crippen molar-refractivity contribution in [2.24, 2.45) is 0 Å². The predicted octanol–water partition coefficient (Wildman–Crippen LogP) is 14.0. The van der Waals surface area contributed by atoms with Crippen LogP contribution >= 0.6 is 0 Å². The highest BCUT2D eigenvalue weighted by atomic mass is 28.3. The summed E-state index contributed by atoms with van der Waals surface area (Å²) < 4.78 is 7.64. The standard InChI is InChI=1S/C66H45N3Si/c1-5-23-46(24-6-1)51-31-13-17-37-58(51)69-65-56(35-21-41-62(65)67-59-38-18-14-32-52(59)53-33-15-19-39-60(53)67)57-36-22-42-63(66(57)69)68-61-40-20-16-34-54(61)55-44-43-50(45-64(55)68)70(47-25-7-2-8-26-47,48-27-9-3-10-28-48)49-29-11-4-12-30-49/h1-45H. The fourth-order valence-electron chi connectivity index (χ4n) is 11.9. The van der Waals surface area contributed by atoms with Crippen molar-refractivity contribution in [3.05, 3.63) is 273 Å². The van der Waals surface area contributed by atoms with Gasteiger partial charge in [-0.1, -0.05) is 231 Å². The molecule has 0 saturated heterocycles. The van der Waals surface area contributed by atoms with Crippen molar-refractivity contribution < 1.29 is 0 Å². The van der Waals surface area contributed by atoms with E-state index in [2.05, 4.69) is 287 Å². The number of rotatable bonds is 8. The lowest BCUT2D eigenvalue weighted by atomic mass is 10.0. The Morgan fingerprint density at radius 1 is 0.229 bits per heavy atom. The highest BCUT2D eigenvalue weighted by Crippen LogP contribution is 2.44. The maximum Gasteiger partial charge on any atom is 0.179 e. The minimum absolute atomic E-state index is 1.12. The van der Waals surface area contributed by atoms with Gasteiger partial charge in [-0.2, -0.15) is 0 Å². The molecule has 0 fully saturated rings. The Kier molecular flexibility index (Phi) is 9.23. The van der Waals surface area contributed by atoms with Gasteiger partial charge in [0.1, 0.15) is 0 Å². The Labute approximate surface area is 407 Å². The van der Waals surface area contributed by atoms with Crippen LogP contribution in [0.15, 0.2) is 273 Å². The third-order valence-electron chi connectivity index (χ3n) is 14.8. The molecule has 0 N–H and O–H groups in total. The second-order valence-electron chi connectivity index (χ2n) is 18.4. The highest BCUT2D eigenvalue weighted by molar-refractivity contribution is 7.20. The van der Waals surface area contributed by atoms with Gasteiger partial charge in [0.2, 0.25) is 0 Å². The van der Waals surface area contributed by atoms with E-state index in [-0.39, 0.29) is 0 Å². The van der Waals surface area contributed by atoms with E-state index < -0.39 is 8.07 Å². The van der Waals surface area contributed by atoms with Gasteiger partial charge in [0, 0.05) is 37.9 Å². The first kappa shape index (κ1) is 40.1. The molecule has 0 atom stereocenters. The van der Waals surface area contributed by atoms with E-state index in [4.69, 9.17) is 0 Å². The smallest absolute Gasteiger partial charge is 0.179 e. The van der Waals surface area contributed by atoms with E-state index in [1.807, 2.05) is 0 Å². The maximum atomic E-state index is 2.59. The molecule has 3 heterocycles. The molecule has 3 nitrogen and oxygen atoms in total. The molecule has 14 rings (SSSR count). The fourth-order valence-corrected chi connectivity index (χ4v) is 16.7. The molecule has 70 heavy (non-hydrogen) atoms. The molecule has 0 unspecified atom stereocenters. The van der Waals surface area contributed by atoms with E-state index in [1.54, 1.807) is 0 Å². The molecular weight excluding hydrogens is 863 g/mol. The van der Waals surface area contributed by atoms with E-state index in [9.17, 15) is 0 Å². The third kappa shape index (κ3) is 5.87. The van der Waals surface area contributed by atoms with Crippen molar-refractivity contribution in [1.29, 1.82) is 0 Å². The maximum absolute atomic E-state index is 2.88. The van der Waals surface area contributed by atoms with Crippen molar-refractivity contribution in [2.75, 3.05) is 0 Å². The number of hydrogen-bond donors (Lipinski definition) is 0. The number of para-hydroxylation sites is 6. The molecule has 4 heteroatoms. The van der Waals surface area contributed by atoms with Crippen molar-refractivity contribution in [2.45, 2.75) is 0 Å². The molecule has 0 aliphatic heterocycles. The van der Waals surface area contributed by atoms with Gasteiger partial charge in [0.05, 0.1) is 50.2 Å². The summed E-state index contributed by atoms with van der Waals surface area (Å²) in [5.41, 5.74) is 12.8. The molecule has 3 aromatic heterocycles.